The molecule has 30 heavy (non-hydrogen) atoms. The fourth-order valence-corrected chi connectivity index (χ4v) is 3.15. The van der Waals surface area contributed by atoms with Crippen molar-refractivity contribution in [3.63, 3.8) is 0 Å². The molecule has 2 rings (SSSR count). The highest BCUT2D eigenvalue weighted by Crippen LogP contribution is 2.37. The number of carbonyl (C=O) groups is 2. The molecule has 0 fully saturated rings. The molecule has 7 heteroatoms. The van der Waals surface area contributed by atoms with E-state index < -0.39 is 18.5 Å². The molecule has 0 aromatic heterocycles. The molecular formula is C23H28ClNO5. The van der Waals surface area contributed by atoms with E-state index in [2.05, 4.69) is 5.32 Å². The summed E-state index contributed by atoms with van der Waals surface area (Å²) in [5.74, 6) is -0.328. The number of aryl methyl sites for hydroxylation is 2. The molecule has 0 saturated carbocycles. The fourth-order valence-electron chi connectivity index (χ4n) is 2.88. The van der Waals surface area contributed by atoms with Gasteiger partial charge in [0.15, 0.2) is 18.1 Å². The third-order valence-electron chi connectivity index (χ3n) is 4.33. The molecule has 0 aliphatic carbocycles. The Bertz CT molecular complexity index is 897. The summed E-state index contributed by atoms with van der Waals surface area (Å²) in [5, 5.41) is 3.07. The molecule has 0 bridgehead atoms. The van der Waals surface area contributed by atoms with Crippen molar-refractivity contribution in [2.45, 2.75) is 40.5 Å². The van der Waals surface area contributed by atoms with Crippen LogP contribution in [0, 0.1) is 6.92 Å². The number of rotatable bonds is 10. The molecule has 2 aromatic carbocycles. The average molecular weight is 434 g/mol. The molecule has 2 aromatic rings. The molecule has 0 atom stereocenters. The van der Waals surface area contributed by atoms with Gasteiger partial charge in [-0.3, -0.25) is 4.79 Å². The molecule has 0 saturated heterocycles. The zero-order valence-electron chi connectivity index (χ0n) is 17.8. The van der Waals surface area contributed by atoms with Gasteiger partial charge in [0, 0.05) is 5.69 Å². The second kappa shape index (κ2) is 11.5. The van der Waals surface area contributed by atoms with Crippen LogP contribution >= 0.6 is 11.6 Å². The third-order valence-corrected chi connectivity index (χ3v) is 4.62. The standard InChI is InChI=1S/C23H28ClNO5/c1-5-11-29-22-18(24)12-17(13-19(22)28-7-3)23(27)30-14-20(26)25-21-15(4)9-8-10-16(21)6-2/h8-10,12-13H,5-7,11,14H2,1-4H3,(H,25,26). The number of para-hydroxylation sites is 1. The van der Waals surface area contributed by atoms with E-state index in [-0.39, 0.29) is 10.6 Å². The largest absolute Gasteiger partial charge is 0.490 e. The van der Waals surface area contributed by atoms with Gasteiger partial charge in [0.1, 0.15) is 0 Å². The van der Waals surface area contributed by atoms with Crippen LogP contribution in [0.15, 0.2) is 30.3 Å². The number of amides is 1. The van der Waals surface area contributed by atoms with E-state index in [0.29, 0.717) is 24.7 Å². The Morgan fingerprint density at radius 1 is 1.10 bits per heavy atom. The van der Waals surface area contributed by atoms with Gasteiger partial charge in [-0.05, 0) is 49.9 Å². The first-order valence-electron chi connectivity index (χ1n) is 10.1. The van der Waals surface area contributed by atoms with E-state index in [1.54, 1.807) is 0 Å². The maximum atomic E-state index is 12.5. The lowest BCUT2D eigenvalue weighted by Gasteiger charge is -2.15. The lowest BCUT2D eigenvalue weighted by atomic mass is 10.1. The molecule has 1 N–H and O–H groups in total. The number of carbonyl (C=O) groups excluding carboxylic acids is 2. The first kappa shape index (κ1) is 23.5. The van der Waals surface area contributed by atoms with E-state index in [1.807, 2.05) is 45.9 Å². The number of nitrogens with one attached hydrogen (secondary N) is 1. The lowest BCUT2D eigenvalue weighted by Crippen LogP contribution is -2.22. The molecule has 1 amide bonds. The number of hydrogen-bond donors (Lipinski definition) is 1. The zero-order chi connectivity index (χ0) is 22.1. The SMILES string of the molecule is CCCOc1c(Cl)cc(C(=O)OCC(=O)Nc2c(C)cccc2CC)cc1OCC. The number of esters is 1. The van der Waals surface area contributed by atoms with Gasteiger partial charge in [0.2, 0.25) is 0 Å². The summed E-state index contributed by atoms with van der Waals surface area (Å²) < 4.78 is 16.4. The summed E-state index contributed by atoms with van der Waals surface area (Å²) in [6.07, 6.45) is 1.59. The Morgan fingerprint density at radius 2 is 1.87 bits per heavy atom. The molecule has 0 aliphatic rings. The highest BCUT2D eigenvalue weighted by molar-refractivity contribution is 6.32. The van der Waals surface area contributed by atoms with Crippen molar-refractivity contribution in [1.82, 2.24) is 0 Å². The van der Waals surface area contributed by atoms with Gasteiger partial charge < -0.3 is 19.5 Å². The van der Waals surface area contributed by atoms with Crippen LogP contribution < -0.4 is 14.8 Å². The summed E-state index contributed by atoms with van der Waals surface area (Å²) in [6.45, 7) is 8.18. The minimum atomic E-state index is -0.671. The van der Waals surface area contributed by atoms with Gasteiger partial charge in [-0.25, -0.2) is 4.79 Å². The van der Waals surface area contributed by atoms with E-state index in [9.17, 15) is 9.59 Å². The average Bonchev–Trinajstić information content (AvgIpc) is 2.73. The quantitative estimate of drug-likeness (QED) is 0.521. The molecule has 0 radical (unpaired) electrons. The van der Waals surface area contributed by atoms with Crippen molar-refractivity contribution in [1.29, 1.82) is 0 Å². The van der Waals surface area contributed by atoms with Crippen LogP contribution in [-0.2, 0) is 16.0 Å². The smallest absolute Gasteiger partial charge is 0.338 e. The first-order valence-corrected chi connectivity index (χ1v) is 10.4. The number of halogens is 1. The van der Waals surface area contributed by atoms with Gasteiger partial charge in [-0.1, -0.05) is 43.6 Å². The van der Waals surface area contributed by atoms with Crippen LogP contribution in [0.3, 0.4) is 0 Å². The molecule has 0 heterocycles. The normalized spacial score (nSPS) is 10.4. The molecule has 0 aliphatic heterocycles. The molecule has 162 valence electrons. The minimum absolute atomic E-state index is 0.185. The summed E-state index contributed by atoms with van der Waals surface area (Å²) in [7, 11) is 0. The molecule has 0 spiro atoms. The topological polar surface area (TPSA) is 73.9 Å². The number of benzene rings is 2. The van der Waals surface area contributed by atoms with Crippen LogP contribution in [0.2, 0.25) is 5.02 Å². The van der Waals surface area contributed by atoms with Crippen molar-refractivity contribution in [2.75, 3.05) is 25.1 Å². The summed E-state index contributed by atoms with van der Waals surface area (Å²) in [5.41, 5.74) is 2.90. The summed E-state index contributed by atoms with van der Waals surface area (Å²) >= 11 is 6.28. The van der Waals surface area contributed by atoms with Gasteiger partial charge in [-0.2, -0.15) is 0 Å². The van der Waals surface area contributed by atoms with Gasteiger partial charge in [-0.15, -0.1) is 0 Å². The van der Waals surface area contributed by atoms with Crippen molar-refractivity contribution in [2.24, 2.45) is 0 Å². The second-order valence-electron chi connectivity index (χ2n) is 6.65. The molecular weight excluding hydrogens is 406 g/mol. The van der Waals surface area contributed by atoms with E-state index >= 15 is 0 Å². The molecule has 6 nitrogen and oxygen atoms in total. The first-order chi connectivity index (χ1) is 14.4. The Hall–Kier alpha value is -2.73. The number of hydrogen-bond acceptors (Lipinski definition) is 5. The van der Waals surface area contributed by atoms with Crippen LogP contribution in [0.5, 0.6) is 11.5 Å². The highest BCUT2D eigenvalue weighted by Gasteiger charge is 2.18. The van der Waals surface area contributed by atoms with E-state index in [4.69, 9.17) is 25.8 Å². The predicted molar refractivity (Wildman–Crippen MR) is 118 cm³/mol. The van der Waals surface area contributed by atoms with Crippen molar-refractivity contribution >= 4 is 29.2 Å². The van der Waals surface area contributed by atoms with E-state index in [1.165, 1.54) is 12.1 Å². The van der Waals surface area contributed by atoms with Crippen LogP contribution in [0.4, 0.5) is 5.69 Å². The zero-order valence-corrected chi connectivity index (χ0v) is 18.6. The Morgan fingerprint density at radius 3 is 2.53 bits per heavy atom. The van der Waals surface area contributed by atoms with Gasteiger partial charge >= 0.3 is 5.97 Å². The molecule has 0 unspecified atom stereocenters. The summed E-state index contributed by atoms with van der Waals surface area (Å²) in [6, 6.07) is 8.77. The van der Waals surface area contributed by atoms with Crippen molar-refractivity contribution < 1.29 is 23.8 Å². The van der Waals surface area contributed by atoms with Crippen molar-refractivity contribution in [3.05, 3.63) is 52.0 Å². The fraction of sp³-hybridized carbons (Fsp3) is 0.391. The Labute approximate surface area is 182 Å². The highest BCUT2D eigenvalue weighted by atomic mass is 35.5. The Kier molecular flexibility index (Phi) is 8.99. The van der Waals surface area contributed by atoms with Crippen molar-refractivity contribution in [3.8, 4) is 11.5 Å². The monoisotopic (exact) mass is 433 g/mol. The number of anilines is 1. The second-order valence-corrected chi connectivity index (χ2v) is 7.06. The van der Waals surface area contributed by atoms with Crippen LogP contribution in [-0.4, -0.2) is 31.7 Å². The Balaban J connectivity index is 2.08. The minimum Gasteiger partial charge on any atom is -0.490 e. The predicted octanol–water partition coefficient (Wildman–Crippen LogP) is 5.19. The maximum absolute atomic E-state index is 12.5. The number of ether oxygens (including phenoxy) is 3. The summed E-state index contributed by atoms with van der Waals surface area (Å²) in [4.78, 5) is 24.8. The van der Waals surface area contributed by atoms with E-state index in [0.717, 1.165) is 29.7 Å². The van der Waals surface area contributed by atoms with Crippen LogP contribution in [0.25, 0.3) is 0 Å². The van der Waals surface area contributed by atoms with Crippen LogP contribution in [0.1, 0.15) is 48.7 Å². The third kappa shape index (κ3) is 6.13. The van der Waals surface area contributed by atoms with Gasteiger partial charge in [0.25, 0.3) is 5.91 Å². The lowest BCUT2D eigenvalue weighted by molar-refractivity contribution is -0.119. The van der Waals surface area contributed by atoms with Gasteiger partial charge in [0.05, 0.1) is 23.8 Å². The maximum Gasteiger partial charge on any atom is 0.338 e.